The van der Waals surface area contributed by atoms with Gasteiger partial charge < -0.3 is 34.2 Å². The first-order valence-electron chi connectivity index (χ1n) is 39.2. The largest absolute Gasteiger partial charge is 0.472 e. The summed E-state index contributed by atoms with van der Waals surface area (Å²) in [6.07, 6.45) is 85.9. The number of phosphoric acid groups is 2. The summed E-state index contributed by atoms with van der Waals surface area (Å²) < 4.78 is 61.0. The molecule has 0 aromatic carbocycles. The Morgan fingerprint density at radius 1 is 0.293 bits per heavy atom. The number of carbonyl (C=O) groups is 3. The predicted octanol–water partition coefficient (Wildman–Crippen LogP) is 22.8. The van der Waals surface area contributed by atoms with Gasteiger partial charge in [0.2, 0.25) is 0 Å². The van der Waals surface area contributed by atoms with E-state index in [4.69, 9.17) is 32.3 Å². The van der Waals surface area contributed by atoms with E-state index in [-0.39, 0.29) is 19.3 Å². The third kappa shape index (κ3) is 75.2. The SMILES string of the molecule is CC/C=C\C/C=C\C/C=C\C/C=C\C/C=C\C/C=C\CCCCCCCCCCCCCCCCCCC(=O)OCC(O)COP(=O)(O)OCC(O)COP(=O)(O)OCC(COC(=O)CCCCCCC/C=C\CCCCCCCC)OC(=O)CCCCCCC/C=C\C/C=C\CCC. The minimum Gasteiger partial charge on any atom is -0.463 e. The lowest BCUT2D eigenvalue weighted by Crippen LogP contribution is -2.30. The molecule has 0 radical (unpaired) electrons. The predicted molar refractivity (Wildman–Crippen MR) is 408 cm³/mol. The molecule has 0 aliphatic heterocycles. The van der Waals surface area contributed by atoms with Gasteiger partial charge in [0, 0.05) is 19.3 Å². The number of carbonyl (C=O) groups excluding carboxylic acids is 3. The summed E-state index contributed by atoms with van der Waals surface area (Å²) in [6, 6.07) is 0. The number of aliphatic hydroxyl groups is 2. The van der Waals surface area contributed by atoms with Crippen LogP contribution in [0, 0.1) is 0 Å². The van der Waals surface area contributed by atoms with Crippen molar-refractivity contribution in [2.24, 2.45) is 0 Å². The first-order valence-corrected chi connectivity index (χ1v) is 42.2. The normalized spacial score (nSPS) is 14.6. The molecule has 0 aromatic heterocycles. The van der Waals surface area contributed by atoms with Gasteiger partial charge in [0.25, 0.3) is 0 Å². The maximum atomic E-state index is 12.9. The van der Waals surface area contributed by atoms with Crippen LogP contribution >= 0.6 is 15.6 Å². The first kappa shape index (κ1) is 95.2. The molecule has 0 amide bonds. The van der Waals surface area contributed by atoms with Crippen LogP contribution in [0.1, 0.15) is 329 Å². The second-order valence-electron chi connectivity index (χ2n) is 26.1. The summed E-state index contributed by atoms with van der Waals surface area (Å²) >= 11 is 0. The molecule has 4 N–H and O–H groups in total. The fourth-order valence-corrected chi connectivity index (χ4v) is 12.1. The highest BCUT2D eigenvalue weighted by Crippen LogP contribution is 2.45. The van der Waals surface area contributed by atoms with E-state index in [0.717, 1.165) is 148 Å². The average molecular weight is 1430 g/mol. The van der Waals surface area contributed by atoms with Crippen molar-refractivity contribution >= 4 is 33.6 Å². The zero-order valence-corrected chi connectivity index (χ0v) is 64.2. The highest BCUT2D eigenvalue weighted by Gasteiger charge is 2.29. The molecule has 0 aliphatic carbocycles. The highest BCUT2D eigenvalue weighted by molar-refractivity contribution is 7.47. The Balaban J connectivity index is 4.33. The van der Waals surface area contributed by atoms with Gasteiger partial charge in [0.15, 0.2) is 6.10 Å². The third-order valence-electron chi connectivity index (χ3n) is 16.4. The zero-order chi connectivity index (χ0) is 72.3. The molecule has 0 rings (SSSR count). The van der Waals surface area contributed by atoms with E-state index >= 15 is 0 Å². The van der Waals surface area contributed by atoms with Crippen LogP contribution in [0.4, 0.5) is 0 Å². The zero-order valence-electron chi connectivity index (χ0n) is 62.4. The van der Waals surface area contributed by atoms with E-state index in [1.807, 2.05) is 0 Å². The summed E-state index contributed by atoms with van der Waals surface area (Å²) in [5, 5.41) is 20.6. The minimum atomic E-state index is -4.93. The van der Waals surface area contributed by atoms with E-state index in [0.29, 0.717) is 19.3 Å². The fraction of sp³-hybridized carbons (Fsp3) is 0.741. The topological polar surface area (TPSA) is 231 Å². The molecule has 99 heavy (non-hydrogen) atoms. The van der Waals surface area contributed by atoms with E-state index in [1.165, 1.54) is 122 Å². The number of ether oxygens (including phenoxy) is 3. The van der Waals surface area contributed by atoms with E-state index < -0.39 is 91.5 Å². The van der Waals surface area contributed by atoms with Gasteiger partial charge in [-0.25, -0.2) is 9.13 Å². The lowest BCUT2D eigenvalue weighted by atomic mass is 10.0. The highest BCUT2D eigenvalue weighted by atomic mass is 31.2. The molecule has 18 heteroatoms. The molecule has 0 spiro atoms. The number of hydrogen-bond donors (Lipinski definition) is 4. The second-order valence-corrected chi connectivity index (χ2v) is 29.0. The van der Waals surface area contributed by atoms with E-state index in [9.17, 15) is 43.5 Å². The van der Waals surface area contributed by atoms with Crippen LogP contribution in [-0.4, -0.2) is 95.9 Å². The average Bonchev–Trinajstić information content (AvgIpc) is 1.09. The Kier molecular flexibility index (Phi) is 71.1. The van der Waals surface area contributed by atoms with Crippen molar-refractivity contribution in [2.75, 3.05) is 39.6 Å². The van der Waals surface area contributed by atoms with Gasteiger partial charge in [0.1, 0.15) is 25.4 Å². The Labute approximate surface area is 602 Å². The molecule has 16 nitrogen and oxygen atoms in total. The molecular weight excluding hydrogens is 1290 g/mol. The van der Waals surface area contributed by atoms with Crippen molar-refractivity contribution in [3.63, 3.8) is 0 Å². The van der Waals surface area contributed by atoms with Gasteiger partial charge in [0.05, 0.1) is 26.4 Å². The van der Waals surface area contributed by atoms with Crippen LogP contribution < -0.4 is 0 Å². The molecule has 0 aromatic rings. The minimum absolute atomic E-state index is 0.0878. The molecule has 0 bridgehead atoms. The quantitative estimate of drug-likeness (QED) is 0.0146. The van der Waals surface area contributed by atoms with Crippen molar-refractivity contribution in [3.8, 4) is 0 Å². The lowest BCUT2D eigenvalue weighted by molar-refractivity contribution is -0.161. The van der Waals surface area contributed by atoms with Crippen LogP contribution in [0.3, 0.4) is 0 Å². The standard InChI is InChI=1S/C81H142O16P2/c1-4-7-10-13-16-19-22-25-27-28-29-30-31-32-33-34-35-36-37-38-39-40-41-42-43-44-45-46-48-51-52-55-58-61-64-67-79(84)91-70-76(82)71-93-98(87,88)94-72-77(83)73-95-99(89,90)96-75-78(97-81(86)69-66-63-60-57-54-49-24-21-18-15-12-9-6-3)74-92-80(85)68-65-62-59-56-53-50-47-26-23-20-17-14-11-8-5-2/h7,10,12,15-16,19,21,24-27,29-30,32-33,35-36,47,76-78,82-83H,4-6,8-9,11,13-14,17-18,20,22-23,28,31,34,37-46,48-75H2,1-3H3,(H,87,88)(H,89,90)/b10-7-,15-12-,19-16-,24-21-,27-25-,30-29-,33-32-,36-35-,47-26-. The van der Waals surface area contributed by atoms with Gasteiger partial charge in [-0.15, -0.1) is 0 Å². The van der Waals surface area contributed by atoms with Crippen molar-refractivity contribution in [1.29, 1.82) is 0 Å². The monoisotopic (exact) mass is 1430 g/mol. The number of unbranched alkanes of at least 4 members (excludes halogenated alkanes) is 33. The van der Waals surface area contributed by atoms with Crippen molar-refractivity contribution in [1.82, 2.24) is 0 Å². The van der Waals surface area contributed by atoms with E-state index in [1.54, 1.807) is 0 Å². The van der Waals surface area contributed by atoms with Gasteiger partial charge in [-0.3, -0.25) is 32.5 Å². The smallest absolute Gasteiger partial charge is 0.463 e. The molecule has 0 heterocycles. The number of allylic oxidation sites excluding steroid dienone is 18. The Hall–Kier alpha value is -3.79. The molecule has 572 valence electrons. The van der Waals surface area contributed by atoms with Crippen molar-refractivity contribution in [3.05, 3.63) is 109 Å². The molecule has 5 atom stereocenters. The maximum absolute atomic E-state index is 12.9. The van der Waals surface area contributed by atoms with Crippen LogP contribution in [0.2, 0.25) is 0 Å². The van der Waals surface area contributed by atoms with Gasteiger partial charge >= 0.3 is 33.6 Å². The van der Waals surface area contributed by atoms with Crippen molar-refractivity contribution < 1.29 is 75.8 Å². The number of rotatable bonds is 74. The number of phosphoric ester groups is 2. The van der Waals surface area contributed by atoms with Crippen LogP contribution in [0.5, 0.6) is 0 Å². The maximum Gasteiger partial charge on any atom is 0.472 e. The molecule has 0 fully saturated rings. The third-order valence-corrected chi connectivity index (χ3v) is 18.3. The molecule has 5 unspecified atom stereocenters. The summed E-state index contributed by atoms with van der Waals surface area (Å²) in [6.45, 7) is 2.49. The fourth-order valence-electron chi connectivity index (χ4n) is 10.5. The van der Waals surface area contributed by atoms with Gasteiger partial charge in [-0.05, 0) is 122 Å². The second kappa shape index (κ2) is 73.9. The molecule has 0 aliphatic rings. The Morgan fingerprint density at radius 3 is 0.899 bits per heavy atom. The molecular formula is C81H142O16P2. The number of esters is 3. The Bertz CT molecular complexity index is 2240. The molecule has 0 saturated carbocycles. The van der Waals surface area contributed by atoms with E-state index in [2.05, 4.69) is 130 Å². The van der Waals surface area contributed by atoms with Crippen LogP contribution in [0.15, 0.2) is 109 Å². The van der Waals surface area contributed by atoms with Crippen LogP contribution in [0.25, 0.3) is 0 Å². The summed E-state index contributed by atoms with van der Waals surface area (Å²) in [5.41, 5.74) is 0. The Morgan fingerprint density at radius 2 is 0.556 bits per heavy atom. The van der Waals surface area contributed by atoms with Crippen molar-refractivity contribution in [2.45, 2.75) is 347 Å². The molecule has 0 saturated heterocycles. The summed E-state index contributed by atoms with van der Waals surface area (Å²) in [4.78, 5) is 58.5. The number of aliphatic hydroxyl groups excluding tert-OH is 2. The summed E-state index contributed by atoms with van der Waals surface area (Å²) in [7, 11) is -9.78. The lowest BCUT2D eigenvalue weighted by Gasteiger charge is -2.21. The summed E-state index contributed by atoms with van der Waals surface area (Å²) in [5.74, 6) is -1.59. The van der Waals surface area contributed by atoms with Gasteiger partial charge in [-0.2, -0.15) is 0 Å². The van der Waals surface area contributed by atoms with Crippen LogP contribution in [-0.2, 0) is 55.8 Å². The van der Waals surface area contributed by atoms with Gasteiger partial charge in [-0.1, -0.05) is 297 Å². The number of hydrogen-bond acceptors (Lipinski definition) is 14. The first-order chi connectivity index (χ1) is 48.2.